The molecule has 0 spiro atoms. The molecule has 0 saturated heterocycles. The number of carbonyl (C=O) groups is 1. The van der Waals surface area contributed by atoms with Crippen LogP contribution < -0.4 is 16.0 Å². The van der Waals surface area contributed by atoms with E-state index >= 15 is 0 Å². The third-order valence-corrected chi connectivity index (χ3v) is 2.74. The molecule has 0 aliphatic carbocycles. The van der Waals surface area contributed by atoms with Crippen LogP contribution in [0.3, 0.4) is 0 Å². The highest BCUT2D eigenvalue weighted by molar-refractivity contribution is 5.80. The number of nitrogens with zero attached hydrogens (tertiary/aromatic N) is 1. The Balaban J connectivity index is 2.30. The van der Waals surface area contributed by atoms with Gasteiger partial charge in [0.1, 0.15) is 5.82 Å². The van der Waals surface area contributed by atoms with E-state index in [0.29, 0.717) is 25.6 Å². The fraction of sp³-hybridized carbons (Fsp3) is 0.375. The molecule has 0 aliphatic heterocycles. The molecule has 6 heteroatoms. The third-order valence-electron chi connectivity index (χ3n) is 2.74. The van der Waals surface area contributed by atoms with Crippen LogP contribution in [0.25, 0.3) is 0 Å². The molecule has 0 heterocycles. The van der Waals surface area contributed by atoms with Gasteiger partial charge in [-0.3, -0.25) is 9.79 Å². The molecule has 1 aromatic carbocycles. The predicted octanol–water partition coefficient (Wildman–Crippen LogP) is 1.23. The van der Waals surface area contributed by atoms with Gasteiger partial charge < -0.3 is 16.0 Å². The normalized spacial score (nSPS) is 10.9. The fourth-order valence-corrected chi connectivity index (χ4v) is 1.72. The highest BCUT2D eigenvalue weighted by Crippen LogP contribution is 2.03. The van der Waals surface area contributed by atoms with Crippen molar-refractivity contribution < 1.29 is 9.18 Å². The molecule has 22 heavy (non-hydrogen) atoms. The Labute approximate surface area is 130 Å². The summed E-state index contributed by atoms with van der Waals surface area (Å²) in [6.07, 6.45) is 1.98. The molecule has 5 nitrogen and oxygen atoms in total. The van der Waals surface area contributed by atoms with Crippen molar-refractivity contribution >= 4 is 11.9 Å². The first-order valence-electron chi connectivity index (χ1n) is 7.30. The summed E-state index contributed by atoms with van der Waals surface area (Å²) in [6, 6.07) is 5.91. The van der Waals surface area contributed by atoms with Gasteiger partial charge in [0.2, 0.25) is 5.91 Å². The van der Waals surface area contributed by atoms with E-state index in [1.54, 1.807) is 18.2 Å². The minimum absolute atomic E-state index is 0.106. The lowest BCUT2D eigenvalue weighted by atomic mass is 10.1. The molecular formula is C16H23FN4O. The summed E-state index contributed by atoms with van der Waals surface area (Å²) in [5.74, 6) is 0.280. The molecule has 0 fully saturated rings. The van der Waals surface area contributed by atoms with Gasteiger partial charge in [0.05, 0.1) is 13.0 Å². The number of halogens is 1. The van der Waals surface area contributed by atoms with Crippen molar-refractivity contribution in [2.24, 2.45) is 4.99 Å². The van der Waals surface area contributed by atoms with Crippen molar-refractivity contribution in [1.82, 2.24) is 16.0 Å². The van der Waals surface area contributed by atoms with Crippen molar-refractivity contribution in [1.29, 1.82) is 0 Å². The first-order valence-corrected chi connectivity index (χ1v) is 7.30. The van der Waals surface area contributed by atoms with Gasteiger partial charge in [-0.15, -0.1) is 6.58 Å². The van der Waals surface area contributed by atoms with Crippen LogP contribution in [0.4, 0.5) is 4.39 Å². The average molecular weight is 306 g/mol. The molecular weight excluding hydrogens is 283 g/mol. The third kappa shape index (κ3) is 7.42. The lowest BCUT2D eigenvalue weighted by Crippen LogP contribution is -2.38. The minimum Gasteiger partial charge on any atom is -0.357 e. The smallest absolute Gasteiger partial charge is 0.224 e. The number of carbonyl (C=O) groups excluding carboxylic acids is 1. The summed E-state index contributed by atoms with van der Waals surface area (Å²) in [4.78, 5) is 16.1. The van der Waals surface area contributed by atoms with Gasteiger partial charge in [0.25, 0.3) is 0 Å². The summed E-state index contributed by atoms with van der Waals surface area (Å²) in [5.41, 5.74) is 0.781. The Morgan fingerprint density at radius 3 is 2.64 bits per heavy atom. The van der Waals surface area contributed by atoms with Crippen LogP contribution in [-0.4, -0.2) is 38.0 Å². The molecule has 0 saturated carbocycles. The van der Waals surface area contributed by atoms with Gasteiger partial charge in [-0.1, -0.05) is 18.2 Å². The van der Waals surface area contributed by atoms with E-state index in [4.69, 9.17) is 0 Å². The van der Waals surface area contributed by atoms with E-state index in [-0.39, 0.29) is 18.1 Å². The van der Waals surface area contributed by atoms with Crippen LogP contribution in [0.5, 0.6) is 0 Å². The number of amides is 1. The minimum atomic E-state index is -0.304. The van der Waals surface area contributed by atoms with E-state index < -0.39 is 0 Å². The summed E-state index contributed by atoms with van der Waals surface area (Å²) < 4.78 is 12.8. The lowest BCUT2D eigenvalue weighted by molar-refractivity contribution is -0.120. The zero-order valence-electron chi connectivity index (χ0n) is 12.9. The van der Waals surface area contributed by atoms with Gasteiger partial charge in [-0.25, -0.2) is 4.39 Å². The SMILES string of the molecule is C=CCNC(=NCCNC(=O)Cc1ccc(F)cc1)NCC. The van der Waals surface area contributed by atoms with Crippen molar-refractivity contribution in [3.05, 3.63) is 48.3 Å². The molecule has 0 aliphatic rings. The summed E-state index contributed by atoms with van der Waals surface area (Å²) in [5, 5.41) is 8.95. The fourth-order valence-electron chi connectivity index (χ4n) is 1.72. The molecule has 0 bridgehead atoms. The van der Waals surface area contributed by atoms with Gasteiger partial charge in [0.15, 0.2) is 5.96 Å². The van der Waals surface area contributed by atoms with Gasteiger partial charge in [0, 0.05) is 19.6 Å². The van der Waals surface area contributed by atoms with Gasteiger partial charge >= 0.3 is 0 Å². The average Bonchev–Trinajstić information content (AvgIpc) is 2.51. The Hall–Kier alpha value is -2.37. The van der Waals surface area contributed by atoms with Crippen molar-refractivity contribution in [3.8, 4) is 0 Å². The molecule has 3 N–H and O–H groups in total. The monoisotopic (exact) mass is 306 g/mol. The van der Waals surface area contributed by atoms with Gasteiger partial charge in [-0.05, 0) is 24.6 Å². The highest BCUT2D eigenvalue weighted by atomic mass is 19.1. The number of benzene rings is 1. The molecule has 0 radical (unpaired) electrons. The van der Waals surface area contributed by atoms with Crippen LogP contribution in [0.2, 0.25) is 0 Å². The maximum absolute atomic E-state index is 12.8. The van der Waals surface area contributed by atoms with Crippen LogP contribution in [0.15, 0.2) is 41.9 Å². The number of nitrogens with one attached hydrogen (secondary N) is 3. The van der Waals surface area contributed by atoms with E-state index in [1.165, 1.54) is 12.1 Å². The zero-order chi connectivity index (χ0) is 16.2. The first kappa shape index (κ1) is 17.7. The Morgan fingerprint density at radius 2 is 2.00 bits per heavy atom. The zero-order valence-corrected chi connectivity index (χ0v) is 12.9. The predicted molar refractivity (Wildman–Crippen MR) is 87.3 cm³/mol. The maximum Gasteiger partial charge on any atom is 0.224 e. The second kappa shape index (κ2) is 10.4. The Bertz CT molecular complexity index is 499. The Kier molecular flexibility index (Phi) is 8.33. The Morgan fingerprint density at radius 1 is 1.27 bits per heavy atom. The molecule has 1 aromatic rings. The second-order valence-electron chi connectivity index (χ2n) is 4.58. The summed E-state index contributed by atoms with van der Waals surface area (Å²) in [6.45, 7) is 7.93. The molecule has 1 rings (SSSR count). The quantitative estimate of drug-likeness (QED) is 0.293. The van der Waals surface area contributed by atoms with E-state index in [2.05, 4.69) is 27.5 Å². The molecule has 0 aromatic heterocycles. The number of rotatable bonds is 8. The topological polar surface area (TPSA) is 65.5 Å². The summed E-state index contributed by atoms with van der Waals surface area (Å²) in [7, 11) is 0. The molecule has 1 amide bonds. The number of aliphatic imine (C=N–C) groups is 1. The second-order valence-corrected chi connectivity index (χ2v) is 4.58. The van der Waals surface area contributed by atoms with E-state index in [9.17, 15) is 9.18 Å². The number of hydrogen-bond acceptors (Lipinski definition) is 2. The highest BCUT2D eigenvalue weighted by Gasteiger charge is 2.03. The van der Waals surface area contributed by atoms with E-state index in [0.717, 1.165) is 12.1 Å². The van der Waals surface area contributed by atoms with Crippen LogP contribution in [0, 0.1) is 5.82 Å². The lowest BCUT2D eigenvalue weighted by Gasteiger charge is -2.09. The molecule has 120 valence electrons. The van der Waals surface area contributed by atoms with Crippen molar-refractivity contribution in [2.75, 3.05) is 26.2 Å². The standard InChI is InChI=1S/C16H23FN4O/c1-3-9-20-16(18-4-2)21-11-10-19-15(22)12-13-5-7-14(17)8-6-13/h3,5-8H,1,4,9-12H2,2H3,(H,19,22)(H2,18,20,21). The molecule has 0 atom stereocenters. The maximum atomic E-state index is 12.8. The van der Waals surface area contributed by atoms with Crippen molar-refractivity contribution in [3.63, 3.8) is 0 Å². The van der Waals surface area contributed by atoms with Crippen LogP contribution in [0.1, 0.15) is 12.5 Å². The van der Waals surface area contributed by atoms with Crippen molar-refractivity contribution in [2.45, 2.75) is 13.3 Å². The van der Waals surface area contributed by atoms with Crippen LogP contribution in [-0.2, 0) is 11.2 Å². The van der Waals surface area contributed by atoms with Gasteiger partial charge in [-0.2, -0.15) is 0 Å². The van der Waals surface area contributed by atoms with Crippen LogP contribution >= 0.6 is 0 Å². The number of hydrogen-bond donors (Lipinski definition) is 3. The summed E-state index contributed by atoms with van der Waals surface area (Å²) >= 11 is 0. The molecule has 0 unspecified atom stereocenters. The number of guanidine groups is 1. The first-order chi connectivity index (χ1) is 10.7. The van der Waals surface area contributed by atoms with E-state index in [1.807, 2.05) is 6.92 Å². The largest absolute Gasteiger partial charge is 0.357 e.